The molecule has 1 fully saturated rings. The van der Waals surface area contributed by atoms with Crippen LogP contribution in [0.4, 0.5) is 5.69 Å². The molecular formula is C26H22ClNO6. The van der Waals surface area contributed by atoms with Crippen molar-refractivity contribution in [1.82, 2.24) is 0 Å². The highest BCUT2D eigenvalue weighted by molar-refractivity contribution is 6.51. The SMILES string of the molecule is CCOc1cccc(/C(O)=C2/C(=O)C(=O)N(c3cccc(OC)c3)C2c2ccc(O)c(Cl)c2)c1. The van der Waals surface area contributed by atoms with Gasteiger partial charge in [0.15, 0.2) is 0 Å². The number of hydrogen-bond acceptors (Lipinski definition) is 6. The minimum absolute atomic E-state index is 0.0482. The van der Waals surface area contributed by atoms with Crippen molar-refractivity contribution in [2.24, 2.45) is 0 Å². The zero-order valence-corrected chi connectivity index (χ0v) is 19.2. The van der Waals surface area contributed by atoms with E-state index in [9.17, 15) is 19.8 Å². The van der Waals surface area contributed by atoms with E-state index in [1.807, 2.05) is 6.92 Å². The summed E-state index contributed by atoms with van der Waals surface area (Å²) in [5.74, 6) is -1.15. The summed E-state index contributed by atoms with van der Waals surface area (Å²) >= 11 is 6.15. The smallest absolute Gasteiger partial charge is 0.300 e. The van der Waals surface area contributed by atoms with E-state index in [1.54, 1.807) is 54.6 Å². The lowest BCUT2D eigenvalue weighted by Gasteiger charge is -2.26. The van der Waals surface area contributed by atoms with Crippen molar-refractivity contribution in [1.29, 1.82) is 0 Å². The molecule has 1 heterocycles. The number of aliphatic hydroxyl groups is 1. The van der Waals surface area contributed by atoms with Gasteiger partial charge in [-0.15, -0.1) is 0 Å². The molecule has 4 rings (SSSR count). The van der Waals surface area contributed by atoms with Gasteiger partial charge < -0.3 is 19.7 Å². The Labute approximate surface area is 201 Å². The number of carbonyl (C=O) groups is 2. The number of ether oxygens (including phenoxy) is 2. The molecule has 8 heteroatoms. The van der Waals surface area contributed by atoms with Crippen LogP contribution in [0.25, 0.3) is 5.76 Å². The van der Waals surface area contributed by atoms with Gasteiger partial charge in [-0.05, 0) is 48.9 Å². The number of methoxy groups -OCH3 is 1. The van der Waals surface area contributed by atoms with Crippen molar-refractivity contribution in [3.05, 3.63) is 88.5 Å². The average molecular weight is 480 g/mol. The molecule has 0 aliphatic carbocycles. The maximum absolute atomic E-state index is 13.3. The number of halogens is 1. The Bertz CT molecular complexity index is 1300. The lowest BCUT2D eigenvalue weighted by atomic mass is 9.95. The number of nitrogens with zero attached hydrogens (tertiary/aromatic N) is 1. The van der Waals surface area contributed by atoms with Crippen LogP contribution < -0.4 is 14.4 Å². The molecule has 0 bridgehead atoms. The molecule has 2 N–H and O–H groups in total. The summed E-state index contributed by atoms with van der Waals surface area (Å²) in [5.41, 5.74) is 1.05. The molecule has 1 saturated heterocycles. The van der Waals surface area contributed by atoms with Gasteiger partial charge >= 0.3 is 0 Å². The minimum Gasteiger partial charge on any atom is -0.507 e. The largest absolute Gasteiger partial charge is 0.507 e. The molecule has 1 aliphatic heterocycles. The summed E-state index contributed by atoms with van der Waals surface area (Å²) in [4.78, 5) is 27.8. The van der Waals surface area contributed by atoms with Gasteiger partial charge in [0.25, 0.3) is 11.7 Å². The molecule has 34 heavy (non-hydrogen) atoms. The van der Waals surface area contributed by atoms with Gasteiger partial charge in [0, 0.05) is 17.3 Å². The number of ketones is 1. The number of carbonyl (C=O) groups excluding carboxylic acids is 2. The minimum atomic E-state index is -0.999. The Morgan fingerprint density at radius 2 is 1.76 bits per heavy atom. The Morgan fingerprint density at radius 3 is 2.47 bits per heavy atom. The summed E-state index contributed by atoms with van der Waals surface area (Å²) < 4.78 is 10.8. The zero-order chi connectivity index (χ0) is 24.4. The van der Waals surface area contributed by atoms with E-state index in [0.717, 1.165) is 0 Å². The molecule has 0 saturated carbocycles. The third kappa shape index (κ3) is 4.18. The number of aromatic hydroxyl groups is 1. The second-order valence-corrected chi connectivity index (χ2v) is 7.95. The summed E-state index contributed by atoms with van der Waals surface area (Å²) in [6.07, 6.45) is 0. The number of phenolic OH excluding ortho intramolecular Hbond substituents is 1. The van der Waals surface area contributed by atoms with Crippen molar-refractivity contribution in [3.63, 3.8) is 0 Å². The van der Waals surface area contributed by atoms with Gasteiger partial charge in [-0.2, -0.15) is 0 Å². The second-order valence-electron chi connectivity index (χ2n) is 7.54. The third-order valence-electron chi connectivity index (χ3n) is 5.48. The van der Waals surface area contributed by atoms with Crippen LogP contribution in [0.5, 0.6) is 17.2 Å². The van der Waals surface area contributed by atoms with Crippen LogP contribution in [-0.2, 0) is 9.59 Å². The van der Waals surface area contributed by atoms with Crippen LogP contribution in [0, 0.1) is 0 Å². The molecule has 0 radical (unpaired) electrons. The molecule has 0 spiro atoms. The number of benzene rings is 3. The maximum atomic E-state index is 13.3. The first-order valence-corrected chi connectivity index (χ1v) is 10.9. The van der Waals surface area contributed by atoms with E-state index in [1.165, 1.54) is 24.1 Å². The molecule has 1 atom stereocenters. The number of anilines is 1. The monoisotopic (exact) mass is 479 g/mol. The van der Waals surface area contributed by atoms with Gasteiger partial charge in [0.1, 0.15) is 23.0 Å². The number of rotatable bonds is 6. The van der Waals surface area contributed by atoms with Gasteiger partial charge in [-0.3, -0.25) is 14.5 Å². The standard InChI is InChI=1S/C26H22ClNO6/c1-3-34-19-9-4-6-16(12-19)24(30)22-23(15-10-11-21(29)20(27)13-15)28(26(32)25(22)31)17-7-5-8-18(14-17)33-2/h4-14,23,29-30H,3H2,1-2H3/b24-22-. The van der Waals surface area contributed by atoms with E-state index < -0.39 is 17.7 Å². The van der Waals surface area contributed by atoms with E-state index in [0.29, 0.717) is 34.9 Å². The van der Waals surface area contributed by atoms with Crippen molar-refractivity contribution < 1.29 is 29.3 Å². The van der Waals surface area contributed by atoms with E-state index >= 15 is 0 Å². The number of amides is 1. The van der Waals surface area contributed by atoms with Crippen LogP contribution in [0.15, 0.2) is 72.3 Å². The summed E-state index contributed by atoms with van der Waals surface area (Å²) in [6, 6.07) is 16.7. The highest BCUT2D eigenvalue weighted by atomic mass is 35.5. The number of aliphatic hydroxyl groups excluding tert-OH is 1. The fourth-order valence-electron chi connectivity index (χ4n) is 3.92. The van der Waals surface area contributed by atoms with E-state index in [4.69, 9.17) is 21.1 Å². The third-order valence-corrected chi connectivity index (χ3v) is 5.78. The van der Waals surface area contributed by atoms with Crippen LogP contribution in [-0.4, -0.2) is 35.6 Å². The molecule has 7 nitrogen and oxygen atoms in total. The van der Waals surface area contributed by atoms with Crippen LogP contribution in [0.3, 0.4) is 0 Å². The summed E-state index contributed by atoms with van der Waals surface area (Å²) in [7, 11) is 1.50. The van der Waals surface area contributed by atoms with Crippen molar-refractivity contribution in [2.45, 2.75) is 13.0 Å². The quantitative estimate of drug-likeness (QED) is 0.291. The zero-order valence-electron chi connectivity index (χ0n) is 18.5. The van der Waals surface area contributed by atoms with Gasteiger partial charge in [0.2, 0.25) is 0 Å². The summed E-state index contributed by atoms with van der Waals surface area (Å²) in [6.45, 7) is 2.26. The second kappa shape index (κ2) is 9.49. The predicted molar refractivity (Wildman–Crippen MR) is 129 cm³/mol. The van der Waals surface area contributed by atoms with Gasteiger partial charge in [0.05, 0.1) is 30.4 Å². The molecule has 1 amide bonds. The number of phenols is 1. The normalized spacial score (nSPS) is 17.1. The molecule has 1 unspecified atom stereocenters. The van der Waals surface area contributed by atoms with Crippen LogP contribution >= 0.6 is 11.6 Å². The first-order chi connectivity index (χ1) is 16.3. The van der Waals surface area contributed by atoms with Gasteiger partial charge in [-0.1, -0.05) is 35.9 Å². The van der Waals surface area contributed by atoms with Crippen LogP contribution in [0.2, 0.25) is 5.02 Å². The fraction of sp³-hybridized carbons (Fsp3) is 0.154. The molecule has 3 aromatic carbocycles. The van der Waals surface area contributed by atoms with Crippen LogP contribution in [0.1, 0.15) is 24.1 Å². The highest BCUT2D eigenvalue weighted by Gasteiger charge is 2.47. The van der Waals surface area contributed by atoms with Gasteiger partial charge in [-0.25, -0.2) is 0 Å². The average Bonchev–Trinajstić information content (AvgIpc) is 3.11. The lowest BCUT2D eigenvalue weighted by molar-refractivity contribution is -0.132. The van der Waals surface area contributed by atoms with Crippen molar-refractivity contribution in [3.8, 4) is 17.2 Å². The first kappa shape index (κ1) is 23.2. The summed E-state index contributed by atoms with van der Waals surface area (Å²) in [5, 5.41) is 21.2. The van der Waals surface area contributed by atoms with E-state index in [2.05, 4.69) is 0 Å². The highest BCUT2D eigenvalue weighted by Crippen LogP contribution is 2.44. The van der Waals surface area contributed by atoms with E-state index in [-0.39, 0.29) is 22.1 Å². The first-order valence-electron chi connectivity index (χ1n) is 10.5. The molecule has 0 aromatic heterocycles. The molecule has 1 aliphatic rings. The predicted octanol–water partition coefficient (Wildman–Crippen LogP) is 5.08. The maximum Gasteiger partial charge on any atom is 0.300 e. The Balaban J connectivity index is 1.94. The Kier molecular flexibility index (Phi) is 6.47. The Morgan fingerprint density at radius 1 is 1.03 bits per heavy atom. The lowest BCUT2D eigenvalue weighted by Crippen LogP contribution is -2.29. The molecule has 3 aromatic rings. The Hall–Kier alpha value is -3.97. The topological polar surface area (TPSA) is 96.3 Å². The molecular weight excluding hydrogens is 458 g/mol. The van der Waals surface area contributed by atoms with Crippen molar-refractivity contribution in [2.75, 3.05) is 18.6 Å². The van der Waals surface area contributed by atoms with Crippen molar-refractivity contribution >= 4 is 34.7 Å². The molecule has 174 valence electrons. The number of hydrogen-bond donors (Lipinski definition) is 2. The number of Topliss-reactive ketones (excluding diaryl/α,β-unsaturated/α-hetero) is 1. The fourth-order valence-corrected chi connectivity index (χ4v) is 4.11.